The number of nitrogens with one attached hydrogen (secondary N) is 1. The topological polar surface area (TPSA) is 38.1 Å². The van der Waals surface area contributed by atoms with E-state index in [4.69, 9.17) is 4.42 Å². The zero-order chi connectivity index (χ0) is 11.8. The Hall–Kier alpha value is -0.830. The van der Waals surface area contributed by atoms with Crippen molar-refractivity contribution in [2.45, 2.75) is 46.5 Å². The van der Waals surface area contributed by atoms with Gasteiger partial charge in [-0.2, -0.15) is 0 Å². The van der Waals surface area contributed by atoms with Gasteiger partial charge in [0.05, 0.1) is 6.20 Å². The van der Waals surface area contributed by atoms with E-state index < -0.39 is 0 Å². The van der Waals surface area contributed by atoms with E-state index in [0.29, 0.717) is 0 Å². The molecule has 0 bridgehead atoms. The molecule has 0 aliphatic heterocycles. The lowest BCUT2D eigenvalue weighted by Crippen LogP contribution is -2.21. The van der Waals surface area contributed by atoms with Crippen molar-refractivity contribution in [1.29, 1.82) is 0 Å². The number of oxazole rings is 1. The monoisotopic (exact) mass is 224 g/mol. The molecule has 3 heteroatoms. The first-order chi connectivity index (χ1) is 7.72. The van der Waals surface area contributed by atoms with Gasteiger partial charge in [0.15, 0.2) is 5.89 Å². The van der Waals surface area contributed by atoms with Crippen molar-refractivity contribution in [2.24, 2.45) is 5.92 Å². The zero-order valence-corrected chi connectivity index (χ0v) is 10.8. The summed E-state index contributed by atoms with van der Waals surface area (Å²) in [5.41, 5.74) is 0. The molecule has 0 aromatic carbocycles. The van der Waals surface area contributed by atoms with Crippen molar-refractivity contribution in [2.75, 3.05) is 13.1 Å². The van der Waals surface area contributed by atoms with Gasteiger partial charge in [-0.1, -0.05) is 20.8 Å². The van der Waals surface area contributed by atoms with Crippen LogP contribution in [0.4, 0.5) is 0 Å². The molecule has 0 aliphatic rings. The second-order valence-electron chi connectivity index (χ2n) is 4.67. The molecule has 3 nitrogen and oxygen atoms in total. The van der Waals surface area contributed by atoms with Gasteiger partial charge in [-0.25, -0.2) is 4.98 Å². The molecule has 0 radical (unpaired) electrons. The molecule has 1 aromatic rings. The number of hydrogen-bond donors (Lipinski definition) is 1. The Morgan fingerprint density at radius 3 is 2.88 bits per heavy atom. The van der Waals surface area contributed by atoms with Gasteiger partial charge in [-0.15, -0.1) is 0 Å². The fraction of sp³-hybridized carbons (Fsp3) is 0.769. The quantitative estimate of drug-likeness (QED) is 0.690. The van der Waals surface area contributed by atoms with E-state index in [9.17, 15) is 0 Å². The summed E-state index contributed by atoms with van der Waals surface area (Å²) in [6.07, 6.45) is 6.01. The number of nitrogens with zero attached hydrogens (tertiary/aromatic N) is 1. The summed E-state index contributed by atoms with van der Waals surface area (Å²) in [6.45, 7) is 8.73. The smallest absolute Gasteiger partial charge is 0.194 e. The highest BCUT2D eigenvalue weighted by molar-refractivity contribution is 4.94. The van der Waals surface area contributed by atoms with Gasteiger partial charge in [0.1, 0.15) is 5.76 Å². The average molecular weight is 224 g/mol. The molecular weight excluding hydrogens is 200 g/mol. The van der Waals surface area contributed by atoms with Crippen LogP contribution in [0.3, 0.4) is 0 Å². The van der Waals surface area contributed by atoms with Crippen LogP contribution in [-0.4, -0.2) is 18.1 Å². The van der Waals surface area contributed by atoms with Gasteiger partial charge < -0.3 is 9.73 Å². The predicted molar refractivity (Wildman–Crippen MR) is 66.5 cm³/mol. The summed E-state index contributed by atoms with van der Waals surface area (Å²) in [7, 11) is 0. The van der Waals surface area contributed by atoms with Gasteiger partial charge in [0.2, 0.25) is 0 Å². The molecule has 1 heterocycles. The molecule has 0 amide bonds. The van der Waals surface area contributed by atoms with Crippen molar-refractivity contribution in [1.82, 2.24) is 10.3 Å². The predicted octanol–water partition coefficient (Wildman–Crippen LogP) is 2.81. The summed E-state index contributed by atoms with van der Waals surface area (Å²) < 4.78 is 5.61. The second-order valence-corrected chi connectivity index (χ2v) is 4.67. The highest BCUT2D eigenvalue weighted by atomic mass is 16.4. The van der Waals surface area contributed by atoms with Crippen molar-refractivity contribution in [3.63, 3.8) is 0 Å². The van der Waals surface area contributed by atoms with Crippen LogP contribution in [0.1, 0.15) is 45.3 Å². The van der Waals surface area contributed by atoms with E-state index in [-0.39, 0.29) is 0 Å². The Morgan fingerprint density at radius 2 is 2.19 bits per heavy atom. The Bertz CT molecular complexity index is 281. The average Bonchev–Trinajstić information content (AvgIpc) is 2.65. The largest absolute Gasteiger partial charge is 0.446 e. The molecule has 0 saturated carbocycles. The van der Waals surface area contributed by atoms with Crippen molar-refractivity contribution in [3.8, 4) is 0 Å². The highest BCUT2D eigenvalue weighted by Gasteiger charge is 2.02. The fourth-order valence-corrected chi connectivity index (χ4v) is 1.58. The molecule has 0 unspecified atom stereocenters. The third-order valence-electron chi connectivity index (χ3n) is 2.39. The molecule has 0 fully saturated rings. The minimum absolute atomic E-state index is 0.720. The molecular formula is C13H24N2O. The van der Waals surface area contributed by atoms with Crippen molar-refractivity contribution < 1.29 is 4.42 Å². The minimum Gasteiger partial charge on any atom is -0.446 e. The summed E-state index contributed by atoms with van der Waals surface area (Å²) in [5, 5.41) is 3.42. The van der Waals surface area contributed by atoms with E-state index >= 15 is 0 Å². The first-order valence-electron chi connectivity index (χ1n) is 6.36. The molecule has 0 aliphatic carbocycles. The van der Waals surface area contributed by atoms with E-state index in [1.54, 1.807) is 0 Å². The Balaban J connectivity index is 2.12. The SMILES string of the molecule is CCCc1cnc(CCCNCC(C)C)o1. The van der Waals surface area contributed by atoms with Gasteiger partial charge in [0.25, 0.3) is 0 Å². The molecule has 0 atom stereocenters. The minimum atomic E-state index is 0.720. The lowest BCUT2D eigenvalue weighted by atomic mass is 10.2. The zero-order valence-electron chi connectivity index (χ0n) is 10.8. The lowest BCUT2D eigenvalue weighted by molar-refractivity contribution is 0.442. The van der Waals surface area contributed by atoms with E-state index in [0.717, 1.165) is 56.3 Å². The molecule has 0 spiro atoms. The molecule has 1 rings (SSSR count). The van der Waals surface area contributed by atoms with Gasteiger partial charge >= 0.3 is 0 Å². The van der Waals surface area contributed by atoms with Crippen LogP contribution in [0.25, 0.3) is 0 Å². The lowest BCUT2D eigenvalue weighted by Gasteiger charge is -2.05. The number of aromatic nitrogens is 1. The molecule has 16 heavy (non-hydrogen) atoms. The van der Waals surface area contributed by atoms with E-state index in [1.807, 2.05) is 6.20 Å². The highest BCUT2D eigenvalue weighted by Crippen LogP contribution is 2.07. The third-order valence-corrected chi connectivity index (χ3v) is 2.39. The van der Waals surface area contributed by atoms with Crippen molar-refractivity contribution in [3.05, 3.63) is 17.8 Å². The fourth-order valence-electron chi connectivity index (χ4n) is 1.58. The van der Waals surface area contributed by atoms with Crippen LogP contribution in [-0.2, 0) is 12.8 Å². The maximum absolute atomic E-state index is 5.61. The van der Waals surface area contributed by atoms with Crippen LogP contribution < -0.4 is 5.32 Å². The van der Waals surface area contributed by atoms with Gasteiger partial charge in [-0.3, -0.25) is 0 Å². The van der Waals surface area contributed by atoms with Gasteiger partial charge in [0, 0.05) is 12.8 Å². The van der Waals surface area contributed by atoms with Gasteiger partial charge in [-0.05, 0) is 31.8 Å². The third kappa shape index (κ3) is 5.31. The van der Waals surface area contributed by atoms with Crippen LogP contribution in [0.5, 0.6) is 0 Å². The number of rotatable bonds is 8. The maximum Gasteiger partial charge on any atom is 0.194 e. The molecule has 92 valence electrons. The molecule has 1 aromatic heterocycles. The first kappa shape index (κ1) is 13.2. The van der Waals surface area contributed by atoms with Crippen LogP contribution in [0, 0.1) is 5.92 Å². The van der Waals surface area contributed by atoms with Crippen LogP contribution >= 0.6 is 0 Å². The Morgan fingerprint density at radius 1 is 1.38 bits per heavy atom. The standard InChI is InChI=1S/C13H24N2O/c1-4-6-12-10-15-13(16-12)7-5-8-14-9-11(2)3/h10-11,14H,4-9H2,1-3H3. The van der Waals surface area contributed by atoms with Crippen LogP contribution in [0.2, 0.25) is 0 Å². The first-order valence-corrected chi connectivity index (χ1v) is 6.36. The number of hydrogen-bond acceptors (Lipinski definition) is 3. The van der Waals surface area contributed by atoms with Crippen LogP contribution in [0.15, 0.2) is 10.6 Å². The summed E-state index contributed by atoms with van der Waals surface area (Å²) >= 11 is 0. The normalized spacial score (nSPS) is 11.2. The molecule has 1 N–H and O–H groups in total. The van der Waals surface area contributed by atoms with E-state index in [1.165, 1.54) is 0 Å². The Kier molecular flexibility index (Phi) is 6.16. The van der Waals surface area contributed by atoms with Crippen molar-refractivity contribution >= 4 is 0 Å². The second kappa shape index (κ2) is 7.44. The number of aryl methyl sites for hydroxylation is 2. The Labute approximate surface area is 98.6 Å². The summed E-state index contributed by atoms with van der Waals surface area (Å²) in [4.78, 5) is 4.27. The summed E-state index contributed by atoms with van der Waals surface area (Å²) in [5.74, 6) is 2.63. The van der Waals surface area contributed by atoms with E-state index in [2.05, 4.69) is 31.1 Å². The molecule has 0 saturated heterocycles. The summed E-state index contributed by atoms with van der Waals surface area (Å²) in [6, 6.07) is 0. The maximum atomic E-state index is 5.61.